The molecule has 0 saturated carbocycles. The SMILES string of the molecule is CCCCN(CC)c1c(N)c(CC)nn1C. The van der Waals surface area contributed by atoms with Gasteiger partial charge >= 0.3 is 0 Å². The molecule has 0 aromatic carbocycles. The van der Waals surface area contributed by atoms with Gasteiger partial charge in [-0.1, -0.05) is 20.3 Å². The molecule has 0 spiro atoms. The second kappa shape index (κ2) is 5.77. The van der Waals surface area contributed by atoms with E-state index in [2.05, 4.69) is 30.8 Å². The summed E-state index contributed by atoms with van der Waals surface area (Å²) in [5.41, 5.74) is 7.99. The maximum Gasteiger partial charge on any atom is 0.150 e. The van der Waals surface area contributed by atoms with Crippen molar-refractivity contribution in [1.82, 2.24) is 9.78 Å². The van der Waals surface area contributed by atoms with Gasteiger partial charge in [-0.2, -0.15) is 5.10 Å². The molecule has 0 aliphatic heterocycles. The van der Waals surface area contributed by atoms with Crippen molar-refractivity contribution >= 4 is 11.5 Å². The zero-order valence-corrected chi connectivity index (χ0v) is 11.0. The van der Waals surface area contributed by atoms with Crippen LogP contribution in [0.25, 0.3) is 0 Å². The molecule has 0 radical (unpaired) electrons. The highest BCUT2D eigenvalue weighted by molar-refractivity contribution is 5.66. The molecule has 0 amide bonds. The van der Waals surface area contributed by atoms with Gasteiger partial charge in [-0.25, -0.2) is 0 Å². The van der Waals surface area contributed by atoms with Crippen LogP contribution in [0.2, 0.25) is 0 Å². The highest BCUT2D eigenvalue weighted by Crippen LogP contribution is 2.26. The molecule has 1 rings (SSSR count). The maximum atomic E-state index is 6.14. The third-order valence-corrected chi connectivity index (χ3v) is 2.93. The fourth-order valence-electron chi connectivity index (χ4n) is 1.98. The van der Waals surface area contributed by atoms with E-state index in [0.717, 1.165) is 36.7 Å². The summed E-state index contributed by atoms with van der Waals surface area (Å²) < 4.78 is 1.91. The van der Waals surface area contributed by atoms with Gasteiger partial charge in [0.05, 0.1) is 11.4 Å². The zero-order valence-electron chi connectivity index (χ0n) is 11.0. The summed E-state index contributed by atoms with van der Waals surface area (Å²) >= 11 is 0. The number of nitrogens with zero attached hydrogens (tertiary/aromatic N) is 3. The third-order valence-electron chi connectivity index (χ3n) is 2.93. The first-order valence-corrected chi connectivity index (χ1v) is 6.21. The van der Waals surface area contributed by atoms with E-state index in [9.17, 15) is 0 Å². The van der Waals surface area contributed by atoms with Gasteiger partial charge in [0.2, 0.25) is 0 Å². The van der Waals surface area contributed by atoms with E-state index in [0.29, 0.717) is 0 Å². The molecule has 0 saturated heterocycles. The van der Waals surface area contributed by atoms with Crippen LogP contribution >= 0.6 is 0 Å². The number of rotatable bonds is 6. The van der Waals surface area contributed by atoms with E-state index in [-0.39, 0.29) is 0 Å². The Hall–Kier alpha value is -1.19. The van der Waals surface area contributed by atoms with E-state index in [1.165, 1.54) is 12.8 Å². The van der Waals surface area contributed by atoms with Gasteiger partial charge in [0.15, 0.2) is 0 Å². The van der Waals surface area contributed by atoms with Crippen molar-refractivity contribution in [3.63, 3.8) is 0 Å². The second-order valence-corrected chi connectivity index (χ2v) is 4.09. The van der Waals surface area contributed by atoms with Crippen LogP contribution in [-0.2, 0) is 13.5 Å². The Bertz CT molecular complexity index is 330. The van der Waals surface area contributed by atoms with Crippen molar-refractivity contribution in [2.45, 2.75) is 40.0 Å². The Kier molecular flexibility index (Phi) is 4.65. The van der Waals surface area contributed by atoms with Crippen molar-refractivity contribution in [3.05, 3.63) is 5.69 Å². The fraction of sp³-hybridized carbons (Fsp3) is 0.750. The monoisotopic (exact) mass is 224 g/mol. The first kappa shape index (κ1) is 12.9. The molecule has 0 atom stereocenters. The smallest absolute Gasteiger partial charge is 0.150 e. The minimum absolute atomic E-state index is 0.850. The zero-order chi connectivity index (χ0) is 12.1. The molecular formula is C12H24N4. The lowest BCUT2D eigenvalue weighted by Gasteiger charge is -2.23. The van der Waals surface area contributed by atoms with Gasteiger partial charge in [0, 0.05) is 20.1 Å². The number of hydrogen-bond acceptors (Lipinski definition) is 3. The number of aryl methyl sites for hydroxylation is 2. The van der Waals surface area contributed by atoms with E-state index < -0.39 is 0 Å². The number of anilines is 2. The summed E-state index contributed by atoms with van der Waals surface area (Å²) in [5.74, 6) is 1.08. The molecule has 1 aromatic heterocycles. The molecular weight excluding hydrogens is 200 g/mol. The van der Waals surface area contributed by atoms with Crippen molar-refractivity contribution in [2.24, 2.45) is 7.05 Å². The summed E-state index contributed by atoms with van der Waals surface area (Å²) in [6.45, 7) is 8.49. The lowest BCUT2D eigenvalue weighted by Crippen LogP contribution is -2.26. The lowest BCUT2D eigenvalue weighted by atomic mass is 10.2. The maximum absolute atomic E-state index is 6.14. The Labute approximate surface area is 98.4 Å². The summed E-state index contributed by atoms with van der Waals surface area (Å²) in [6, 6.07) is 0. The van der Waals surface area contributed by atoms with Crippen LogP contribution in [0.5, 0.6) is 0 Å². The van der Waals surface area contributed by atoms with Gasteiger partial charge in [-0.15, -0.1) is 0 Å². The van der Waals surface area contributed by atoms with Gasteiger partial charge in [-0.05, 0) is 19.8 Å². The summed E-state index contributed by atoms with van der Waals surface area (Å²) in [4.78, 5) is 2.31. The first-order chi connectivity index (χ1) is 7.65. The topological polar surface area (TPSA) is 47.1 Å². The minimum Gasteiger partial charge on any atom is -0.394 e. The number of unbranched alkanes of at least 4 members (excludes halogenated alkanes) is 1. The normalized spacial score (nSPS) is 10.8. The van der Waals surface area contributed by atoms with Crippen LogP contribution in [0.1, 0.15) is 39.3 Å². The van der Waals surface area contributed by atoms with E-state index in [4.69, 9.17) is 5.73 Å². The van der Waals surface area contributed by atoms with Gasteiger partial charge < -0.3 is 10.6 Å². The Morgan fingerprint density at radius 2 is 2.00 bits per heavy atom. The molecule has 0 aliphatic carbocycles. The highest BCUT2D eigenvalue weighted by atomic mass is 15.4. The predicted octanol–water partition coefficient (Wildman–Crippen LogP) is 2.19. The van der Waals surface area contributed by atoms with Gasteiger partial charge in [0.1, 0.15) is 5.82 Å². The molecule has 16 heavy (non-hydrogen) atoms. The second-order valence-electron chi connectivity index (χ2n) is 4.09. The van der Waals surface area contributed by atoms with Crippen LogP contribution in [0.4, 0.5) is 11.5 Å². The standard InChI is InChI=1S/C12H24N4/c1-5-8-9-16(7-3)12-11(13)10(6-2)14-15(12)4/h5-9,13H2,1-4H3. The molecule has 0 fully saturated rings. The minimum atomic E-state index is 0.850. The number of hydrogen-bond donors (Lipinski definition) is 1. The Morgan fingerprint density at radius 3 is 2.44 bits per heavy atom. The highest BCUT2D eigenvalue weighted by Gasteiger charge is 2.16. The molecule has 0 unspecified atom stereocenters. The van der Waals surface area contributed by atoms with Crippen LogP contribution in [0.15, 0.2) is 0 Å². The quantitative estimate of drug-likeness (QED) is 0.805. The van der Waals surface area contributed by atoms with Gasteiger partial charge in [0.25, 0.3) is 0 Å². The molecule has 92 valence electrons. The van der Waals surface area contributed by atoms with Crippen molar-refractivity contribution < 1.29 is 0 Å². The summed E-state index contributed by atoms with van der Waals surface area (Å²) in [7, 11) is 1.97. The number of nitrogen functional groups attached to an aromatic ring is 1. The average Bonchev–Trinajstić information content (AvgIpc) is 2.57. The summed E-state index contributed by atoms with van der Waals surface area (Å²) in [6.07, 6.45) is 3.29. The van der Waals surface area contributed by atoms with Crippen molar-refractivity contribution in [1.29, 1.82) is 0 Å². The molecule has 1 aromatic rings. The third kappa shape index (κ3) is 2.49. The molecule has 0 aliphatic rings. The van der Waals surface area contributed by atoms with E-state index in [1.54, 1.807) is 0 Å². The molecule has 2 N–H and O–H groups in total. The van der Waals surface area contributed by atoms with Gasteiger partial charge in [-0.3, -0.25) is 4.68 Å². The van der Waals surface area contributed by atoms with Crippen LogP contribution in [0.3, 0.4) is 0 Å². The largest absolute Gasteiger partial charge is 0.394 e. The molecule has 1 heterocycles. The average molecular weight is 224 g/mol. The van der Waals surface area contributed by atoms with Crippen LogP contribution in [0, 0.1) is 0 Å². The molecule has 4 nitrogen and oxygen atoms in total. The lowest BCUT2D eigenvalue weighted by molar-refractivity contribution is 0.675. The van der Waals surface area contributed by atoms with E-state index in [1.807, 2.05) is 11.7 Å². The van der Waals surface area contributed by atoms with Crippen molar-refractivity contribution in [2.75, 3.05) is 23.7 Å². The van der Waals surface area contributed by atoms with Crippen LogP contribution < -0.4 is 10.6 Å². The molecule has 4 heteroatoms. The van der Waals surface area contributed by atoms with Crippen molar-refractivity contribution in [3.8, 4) is 0 Å². The Balaban J connectivity index is 2.95. The van der Waals surface area contributed by atoms with Crippen LogP contribution in [-0.4, -0.2) is 22.9 Å². The predicted molar refractivity (Wildman–Crippen MR) is 69.8 cm³/mol. The number of aromatic nitrogens is 2. The van der Waals surface area contributed by atoms with E-state index >= 15 is 0 Å². The number of nitrogens with two attached hydrogens (primary N) is 1. The Morgan fingerprint density at radius 1 is 1.31 bits per heavy atom. The summed E-state index contributed by atoms with van der Waals surface area (Å²) in [5, 5.41) is 4.46. The first-order valence-electron chi connectivity index (χ1n) is 6.21. The molecule has 0 bridgehead atoms. The fourth-order valence-corrected chi connectivity index (χ4v) is 1.98.